The number of hydrogen-bond donors (Lipinski definition) is 0. The Labute approximate surface area is 98.6 Å². The van der Waals surface area contributed by atoms with E-state index in [1.165, 1.54) is 0 Å². The topological polar surface area (TPSA) is 9.23 Å². The number of allylic oxidation sites excluding steroid dienone is 1. The molecule has 1 nitrogen and oxygen atoms in total. The van der Waals surface area contributed by atoms with Crippen LogP contribution in [0, 0.1) is 12.3 Å². The summed E-state index contributed by atoms with van der Waals surface area (Å²) in [7, 11) is 0. The smallest absolute Gasteiger partial charge is 0.431 e. The van der Waals surface area contributed by atoms with Crippen molar-refractivity contribution in [1.29, 1.82) is 0 Å². The molecule has 8 heteroatoms. The van der Waals surface area contributed by atoms with Crippen molar-refractivity contribution in [1.82, 2.24) is 0 Å². The van der Waals surface area contributed by atoms with Crippen LogP contribution in [0.1, 0.15) is 12.8 Å². The van der Waals surface area contributed by atoms with Gasteiger partial charge in [-0.25, -0.2) is 4.39 Å². The molecule has 0 radical (unpaired) electrons. The summed E-state index contributed by atoms with van der Waals surface area (Å²) in [6, 6.07) is 0. The van der Waals surface area contributed by atoms with Crippen molar-refractivity contribution in [3.05, 3.63) is 12.3 Å². The van der Waals surface area contributed by atoms with Crippen LogP contribution in [0.5, 0.6) is 0 Å². The molecule has 0 aliphatic heterocycles. The Morgan fingerprint density at radius 2 is 1.50 bits per heavy atom. The number of halogens is 7. The van der Waals surface area contributed by atoms with E-state index < -0.39 is 37.5 Å². The highest BCUT2D eigenvalue weighted by Crippen LogP contribution is 2.48. The Hall–Kier alpha value is -1.39. The van der Waals surface area contributed by atoms with Crippen LogP contribution in [0.4, 0.5) is 30.7 Å². The molecule has 18 heavy (non-hydrogen) atoms. The molecule has 0 aromatic rings. The Bertz CT molecular complexity index is 320. The number of hydrogen-bond acceptors (Lipinski definition) is 1. The minimum Gasteiger partial charge on any atom is -0.486 e. The Balaban J connectivity index is 4.58. The summed E-state index contributed by atoms with van der Waals surface area (Å²) in [6.45, 7) is 2.53. The maximum atomic E-state index is 13.0. The number of alkyl halides is 7. The van der Waals surface area contributed by atoms with Gasteiger partial charge in [-0.05, 0) is 18.9 Å². The van der Waals surface area contributed by atoms with Crippen LogP contribution in [0.3, 0.4) is 0 Å². The molecule has 0 unspecified atom stereocenters. The van der Waals surface area contributed by atoms with Crippen LogP contribution in [0.2, 0.25) is 0 Å². The van der Waals surface area contributed by atoms with Gasteiger partial charge in [0.05, 0.1) is 6.61 Å². The molecule has 0 saturated heterocycles. The van der Waals surface area contributed by atoms with Gasteiger partial charge >= 0.3 is 12.4 Å². The molecule has 0 spiro atoms. The third-order valence-corrected chi connectivity index (χ3v) is 2.00. The quantitative estimate of drug-likeness (QED) is 0.322. The first-order chi connectivity index (χ1) is 7.95. The molecule has 104 valence electrons. The van der Waals surface area contributed by atoms with Crippen molar-refractivity contribution >= 4 is 0 Å². The molecule has 0 rings (SSSR count). The van der Waals surface area contributed by atoms with Crippen LogP contribution in [-0.4, -0.2) is 24.6 Å². The van der Waals surface area contributed by atoms with E-state index in [0.29, 0.717) is 0 Å². The average Bonchev–Trinajstić information content (AvgIpc) is 2.20. The number of ether oxygens (including phenoxy) is 1. The second-order valence-corrected chi connectivity index (χ2v) is 3.32. The van der Waals surface area contributed by atoms with Gasteiger partial charge in [0, 0.05) is 6.42 Å². The highest BCUT2D eigenvalue weighted by molar-refractivity contribution is 5.13. The summed E-state index contributed by atoms with van der Waals surface area (Å²) in [5.41, 5.74) is -5.25. The van der Waals surface area contributed by atoms with Crippen molar-refractivity contribution in [2.45, 2.75) is 30.9 Å². The second kappa shape index (κ2) is 5.50. The van der Waals surface area contributed by atoms with Crippen molar-refractivity contribution in [2.75, 3.05) is 6.61 Å². The zero-order valence-corrected chi connectivity index (χ0v) is 8.96. The Kier molecular flexibility index (Phi) is 5.08. The SMILES string of the molecule is C#CC(=C)OCCCC(F)(C(F)(F)F)C(F)(F)F. The van der Waals surface area contributed by atoms with E-state index in [1.807, 2.05) is 5.92 Å². The summed E-state index contributed by atoms with van der Waals surface area (Å²) in [5, 5.41) is 0. The molecule has 0 aromatic carbocycles. The van der Waals surface area contributed by atoms with Crippen LogP contribution in [-0.2, 0) is 4.74 Å². The molecule has 0 saturated carbocycles. The minimum absolute atomic E-state index is 0.251. The zero-order valence-electron chi connectivity index (χ0n) is 8.96. The monoisotopic (exact) mass is 278 g/mol. The van der Waals surface area contributed by atoms with Crippen molar-refractivity contribution in [3.8, 4) is 12.3 Å². The normalized spacial score (nSPS) is 13.0. The first-order valence-electron chi connectivity index (χ1n) is 4.56. The highest BCUT2D eigenvalue weighted by atomic mass is 19.4. The Morgan fingerprint density at radius 1 is 1.06 bits per heavy atom. The lowest BCUT2D eigenvalue weighted by atomic mass is 9.98. The molecule has 0 fully saturated rings. The fraction of sp³-hybridized carbons (Fsp3) is 0.600. The van der Waals surface area contributed by atoms with Gasteiger partial charge in [-0.3, -0.25) is 0 Å². The fourth-order valence-electron chi connectivity index (χ4n) is 0.997. The van der Waals surface area contributed by atoms with Gasteiger partial charge < -0.3 is 4.74 Å². The summed E-state index contributed by atoms with van der Waals surface area (Å²) in [4.78, 5) is 0. The molecule has 0 N–H and O–H groups in total. The second-order valence-electron chi connectivity index (χ2n) is 3.32. The molecular formula is C10H9F7O. The van der Waals surface area contributed by atoms with E-state index in [-0.39, 0.29) is 5.76 Å². The van der Waals surface area contributed by atoms with Gasteiger partial charge in [-0.15, -0.1) is 6.42 Å². The van der Waals surface area contributed by atoms with Gasteiger partial charge in [0.25, 0.3) is 5.67 Å². The van der Waals surface area contributed by atoms with Crippen molar-refractivity contribution in [3.63, 3.8) is 0 Å². The van der Waals surface area contributed by atoms with E-state index in [1.54, 1.807) is 0 Å². The Morgan fingerprint density at radius 3 is 1.83 bits per heavy atom. The van der Waals surface area contributed by atoms with E-state index in [4.69, 9.17) is 6.42 Å². The van der Waals surface area contributed by atoms with E-state index >= 15 is 0 Å². The maximum Gasteiger partial charge on any atom is 0.431 e. The summed E-state index contributed by atoms with van der Waals surface area (Å²) >= 11 is 0. The summed E-state index contributed by atoms with van der Waals surface area (Å²) < 4.78 is 89.9. The van der Waals surface area contributed by atoms with Crippen molar-refractivity contribution < 1.29 is 35.5 Å². The minimum atomic E-state index is -6.03. The van der Waals surface area contributed by atoms with E-state index in [0.717, 1.165) is 0 Å². The van der Waals surface area contributed by atoms with E-state index in [2.05, 4.69) is 11.3 Å². The van der Waals surface area contributed by atoms with Gasteiger partial charge in [0.15, 0.2) is 5.76 Å². The third kappa shape index (κ3) is 3.82. The fourth-order valence-corrected chi connectivity index (χ4v) is 0.997. The van der Waals surface area contributed by atoms with Gasteiger partial charge in [0.2, 0.25) is 0 Å². The average molecular weight is 278 g/mol. The molecular weight excluding hydrogens is 269 g/mol. The van der Waals surface area contributed by atoms with Crippen LogP contribution < -0.4 is 0 Å². The predicted molar refractivity (Wildman–Crippen MR) is 49.1 cm³/mol. The molecule has 0 aliphatic rings. The summed E-state index contributed by atoms with van der Waals surface area (Å²) in [6.07, 6.45) is -9.90. The van der Waals surface area contributed by atoms with Gasteiger partial charge in [-0.2, -0.15) is 26.3 Å². The molecule has 0 heterocycles. The standard InChI is InChI=1S/C10H9F7O/c1-3-7(2)18-6-4-5-8(11,9(12,13)14)10(15,16)17/h1H,2,4-6H2. The number of rotatable bonds is 5. The molecule has 0 bridgehead atoms. The maximum absolute atomic E-state index is 13.0. The van der Waals surface area contributed by atoms with E-state index in [9.17, 15) is 30.7 Å². The lowest BCUT2D eigenvalue weighted by Crippen LogP contribution is -2.53. The molecule has 0 atom stereocenters. The first-order valence-corrected chi connectivity index (χ1v) is 4.56. The van der Waals surface area contributed by atoms with Gasteiger partial charge in [0.1, 0.15) is 0 Å². The number of terminal acetylenes is 1. The molecule has 0 aromatic heterocycles. The summed E-state index contributed by atoms with van der Waals surface area (Å²) in [5.74, 6) is 1.62. The van der Waals surface area contributed by atoms with Crippen molar-refractivity contribution in [2.24, 2.45) is 0 Å². The third-order valence-electron chi connectivity index (χ3n) is 2.00. The van der Waals surface area contributed by atoms with Crippen LogP contribution in [0.15, 0.2) is 12.3 Å². The molecule has 0 amide bonds. The lowest BCUT2D eigenvalue weighted by Gasteiger charge is -2.29. The largest absolute Gasteiger partial charge is 0.486 e. The van der Waals surface area contributed by atoms with Crippen LogP contribution >= 0.6 is 0 Å². The van der Waals surface area contributed by atoms with Crippen LogP contribution in [0.25, 0.3) is 0 Å². The lowest BCUT2D eigenvalue weighted by molar-refractivity contribution is -0.343. The first kappa shape index (κ1) is 16.6. The predicted octanol–water partition coefficient (Wildman–Crippen LogP) is 3.76. The highest BCUT2D eigenvalue weighted by Gasteiger charge is 2.71. The van der Waals surface area contributed by atoms with Gasteiger partial charge in [-0.1, -0.05) is 0 Å². The molecule has 0 aliphatic carbocycles. The zero-order chi connectivity index (χ0) is 14.6.